The summed E-state index contributed by atoms with van der Waals surface area (Å²) in [7, 11) is 1.70. The molecule has 52 heavy (non-hydrogen) atoms. The number of H-pyrrole nitrogens is 1. The predicted molar refractivity (Wildman–Crippen MR) is 202 cm³/mol. The number of rotatable bonds is 11. The van der Waals surface area contributed by atoms with E-state index in [9.17, 15) is 14.0 Å². The van der Waals surface area contributed by atoms with Gasteiger partial charge < -0.3 is 20.1 Å². The van der Waals surface area contributed by atoms with E-state index in [0.29, 0.717) is 45.9 Å². The van der Waals surface area contributed by atoms with Crippen molar-refractivity contribution in [1.29, 1.82) is 0 Å². The van der Waals surface area contributed by atoms with E-state index in [1.807, 2.05) is 18.2 Å². The molecule has 2 atom stereocenters. The molecule has 0 saturated carbocycles. The third-order valence-electron chi connectivity index (χ3n) is 9.82. The van der Waals surface area contributed by atoms with E-state index in [4.69, 9.17) is 19.4 Å². The van der Waals surface area contributed by atoms with Gasteiger partial charge in [0.15, 0.2) is 5.01 Å². The summed E-state index contributed by atoms with van der Waals surface area (Å²) in [5, 5.41) is 15.7. The molecule has 0 unspecified atom stereocenters. The molecule has 0 radical (unpaired) electrons. The molecule has 266 valence electrons. The first-order valence-electron chi connectivity index (χ1n) is 17.5. The highest BCUT2D eigenvalue weighted by Crippen LogP contribution is 2.47. The lowest BCUT2D eigenvalue weighted by Gasteiger charge is -2.22. The molecular weight excluding hydrogens is 700 g/mol. The molecule has 0 spiro atoms. The summed E-state index contributed by atoms with van der Waals surface area (Å²) in [6.45, 7) is 2.78. The Balaban J connectivity index is 1.32. The van der Waals surface area contributed by atoms with E-state index in [1.165, 1.54) is 34.6 Å². The van der Waals surface area contributed by atoms with Crippen molar-refractivity contribution >= 4 is 44.5 Å². The summed E-state index contributed by atoms with van der Waals surface area (Å²) in [5.74, 6) is 0.866. The number of nitrogens with one attached hydrogen (secondary N) is 3. The second kappa shape index (κ2) is 14.6. The van der Waals surface area contributed by atoms with Gasteiger partial charge in [0.05, 0.1) is 47.5 Å². The summed E-state index contributed by atoms with van der Waals surface area (Å²) in [4.78, 5) is 37.3. The Morgan fingerprint density at radius 2 is 1.94 bits per heavy atom. The minimum Gasteiger partial charge on any atom is -0.496 e. The number of aryl methyl sites for hydroxylation is 2. The van der Waals surface area contributed by atoms with Crippen molar-refractivity contribution < 1.29 is 18.7 Å². The van der Waals surface area contributed by atoms with Crippen LogP contribution in [0, 0.1) is 5.82 Å². The number of benzene rings is 2. The van der Waals surface area contributed by atoms with E-state index in [-0.39, 0.29) is 29.4 Å². The molecule has 2 aliphatic rings. The van der Waals surface area contributed by atoms with Gasteiger partial charge in [-0.25, -0.2) is 19.3 Å². The number of methoxy groups -OCH3 is 1. The van der Waals surface area contributed by atoms with Crippen LogP contribution in [0.3, 0.4) is 0 Å². The number of ether oxygens (including phenoxy) is 2. The van der Waals surface area contributed by atoms with E-state index in [0.717, 1.165) is 75.7 Å². The molecule has 5 heterocycles. The standard InChI is InChI=1S/C39H37FN6O4S2/c1-3-50-38(47)33-32(30-20-22-17-19-42-36(35(22)51-30)44-26-16-14-25-24(26)6-4-8-29(25)49-2)31(37-45-46-39(48)52-37)27(43-34(33)28-7-5-18-41-28)15-11-21-9-12-23(40)13-10-21/h4,6,8-10,12-13,17,19-20,26,28,41H,3,5,7,11,14-16,18H2,1-2H3,(H,42,44)(H,46,48)/t26-,28-/m1/s1. The number of esters is 1. The van der Waals surface area contributed by atoms with Gasteiger partial charge >= 0.3 is 10.8 Å². The van der Waals surface area contributed by atoms with E-state index >= 15 is 0 Å². The molecule has 2 aromatic carbocycles. The Labute approximate surface area is 307 Å². The number of thiophene rings is 1. The fraction of sp³-hybridized carbons (Fsp3) is 0.308. The highest BCUT2D eigenvalue weighted by atomic mass is 32.1. The minimum absolute atomic E-state index is 0.0553. The summed E-state index contributed by atoms with van der Waals surface area (Å²) in [5.41, 5.74) is 6.29. The lowest BCUT2D eigenvalue weighted by molar-refractivity contribution is 0.0524. The van der Waals surface area contributed by atoms with Crippen LogP contribution >= 0.6 is 22.7 Å². The van der Waals surface area contributed by atoms with Crippen LogP contribution in [-0.4, -0.2) is 46.4 Å². The quantitative estimate of drug-likeness (QED) is 0.114. The number of anilines is 1. The van der Waals surface area contributed by atoms with Crippen molar-refractivity contribution in [1.82, 2.24) is 25.5 Å². The first-order chi connectivity index (χ1) is 25.4. The summed E-state index contributed by atoms with van der Waals surface area (Å²) in [6, 6.07) is 16.5. The number of nitrogens with zero attached hydrogens (tertiary/aromatic N) is 3. The van der Waals surface area contributed by atoms with Gasteiger partial charge in [-0.1, -0.05) is 35.6 Å². The van der Waals surface area contributed by atoms with E-state index < -0.39 is 5.97 Å². The molecule has 0 bridgehead atoms. The van der Waals surface area contributed by atoms with Crippen LogP contribution in [0.2, 0.25) is 0 Å². The first kappa shape index (κ1) is 34.1. The van der Waals surface area contributed by atoms with Crippen LogP contribution in [0.15, 0.2) is 65.6 Å². The molecule has 1 aliphatic carbocycles. The number of fused-ring (bicyclic) bond motifs is 2. The molecule has 1 aliphatic heterocycles. The van der Waals surface area contributed by atoms with Gasteiger partial charge in [0.1, 0.15) is 17.4 Å². The van der Waals surface area contributed by atoms with Crippen LogP contribution < -0.4 is 20.2 Å². The molecular formula is C39H37FN6O4S2. The average Bonchev–Trinajstić information content (AvgIpc) is 3.99. The zero-order valence-corrected chi connectivity index (χ0v) is 30.4. The van der Waals surface area contributed by atoms with E-state index in [2.05, 4.69) is 33.0 Å². The molecule has 0 amide bonds. The molecule has 1 fully saturated rings. The number of aromatic nitrogens is 4. The van der Waals surface area contributed by atoms with Gasteiger partial charge in [-0.05, 0) is 104 Å². The average molecular weight is 737 g/mol. The molecule has 3 N–H and O–H groups in total. The van der Waals surface area contributed by atoms with Gasteiger partial charge in [0.2, 0.25) is 0 Å². The summed E-state index contributed by atoms with van der Waals surface area (Å²) >= 11 is 2.51. The van der Waals surface area contributed by atoms with Gasteiger partial charge in [0, 0.05) is 22.2 Å². The second-order valence-electron chi connectivity index (χ2n) is 12.9. The Bertz CT molecular complexity index is 2330. The number of carbonyl (C=O) groups is 1. The molecule has 13 heteroatoms. The Morgan fingerprint density at radius 3 is 2.69 bits per heavy atom. The van der Waals surface area contributed by atoms with Crippen LogP contribution in [0.1, 0.15) is 76.7 Å². The maximum Gasteiger partial charge on any atom is 0.340 e. The number of hydrogen-bond acceptors (Lipinski definition) is 11. The van der Waals surface area contributed by atoms with Crippen LogP contribution in [0.5, 0.6) is 5.75 Å². The number of hydrogen-bond donors (Lipinski definition) is 3. The zero-order valence-electron chi connectivity index (χ0n) is 28.8. The number of pyridine rings is 2. The molecule has 10 nitrogen and oxygen atoms in total. The summed E-state index contributed by atoms with van der Waals surface area (Å²) in [6.07, 6.45) is 6.38. The lowest BCUT2D eigenvalue weighted by Crippen LogP contribution is -2.22. The number of carbonyl (C=O) groups excluding carboxylic acids is 1. The minimum atomic E-state index is -0.478. The third kappa shape index (κ3) is 6.48. The van der Waals surface area contributed by atoms with Gasteiger partial charge in [-0.3, -0.25) is 9.78 Å². The Morgan fingerprint density at radius 1 is 1.08 bits per heavy atom. The second-order valence-corrected chi connectivity index (χ2v) is 14.9. The fourth-order valence-corrected chi connectivity index (χ4v) is 9.31. The Kier molecular flexibility index (Phi) is 9.56. The van der Waals surface area contributed by atoms with Crippen molar-refractivity contribution in [2.24, 2.45) is 0 Å². The Hall–Kier alpha value is -4.98. The van der Waals surface area contributed by atoms with Crippen molar-refractivity contribution in [2.75, 3.05) is 25.6 Å². The highest BCUT2D eigenvalue weighted by Gasteiger charge is 2.34. The lowest BCUT2D eigenvalue weighted by atomic mass is 9.91. The third-order valence-corrected chi connectivity index (χ3v) is 11.8. The maximum atomic E-state index is 14.2. The monoisotopic (exact) mass is 736 g/mol. The summed E-state index contributed by atoms with van der Waals surface area (Å²) < 4.78 is 26.1. The topological polar surface area (TPSA) is 131 Å². The van der Waals surface area contributed by atoms with Gasteiger partial charge in [-0.2, -0.15) is 5.10 Å². The van der Waals surface area contributed by atoms with Crippen molar-refractivity contribution in [2.45, 2.75) is 57.5 Å². The largest absolute Gasteiger partial charge is 0.496 e. The van der Waals surface area contributed by atoms with Crippen LogP contribution in [0.4, 0.5) is 10.2 Å². The number of halogens is 1. The highest BCUT2D eigenvalue weighted by molar-refractivity contribution is 7.23. The van der Waals surface area contributed by atoms with Crippen LogP contribution in [-0.2, 0) is 24.0 Å². The molecule has 8 rings (SSSR count). The molecule has 6 aromatic rings. The van der Waals surface area contributed by atoms with Gasteiger partial charge in [-0.15, -0.1) is 11.3 Å². The predicted octanol–water partition coefficient (Wildman–Crippen LogP) is 7.80. The molecule has 1 saturated heterocycles. The van der Waals surface area contributed by atoms with E-state index in [1.54, 1.807) is 32.4 Å². The fourth-order valence-electron chi connectivity index (χ4n) is 7.46. The van der Waals surface area contributed by atoms with Crippen LogP contribution in [0.25, 0.3) is 31.1 Å². The molecule has 4 aromatic heterocycles. The van der Waals surface area contributed by atoms with Gasteiger partial charge in [0.25, 0.3) is 0 Å². The number of aromatic amines is 1. The maximum absolute atomic E-state index is 14.2. The van der Waals surface area contributed by atoms with Crippen molar-refractivity contribution in [3.05, 3.63) is 110 Å². The smallest absolute Gasteiger partial charge is 0.340 e. The normalized spacial score (nSPS) is 16.7. The van der Waals surface area contributed by atoms with Crippen molar-refractivity contribution in [3.63, 3.8) is 0 Å². The zero-order chi connectivity index (χ0) is 35.8. The van der Waals surface area contributed by atoms with Crippen molar-refractivity contribution in [3.8, 4) is 26.8 Å². The first-order valence-corrected chi connectivity index (χ1v) is 19.1. The SMILES string of the molecule is CCOC(=O)c1c([C@H]2CCCN2)nc(CCc2ccc(F)cc2)c(-c2n[nH]c(=O)s2)c1-c1cc2ccnc(N[C@@H]3CCc4c(OC)cccc43)c2s1.